The number of nitrogens with zero attached hydrogens (tertiary/aromatic N) is 1. The Labute approximate surface area is 282 Å². The predicted octanol–water partition coefficient (Wildman–Crippen LogP) is 4.06. The smallest absolute Gasteiger partial charge is 0.408 e. The van der Waals surface area contributed by atoms with Gasteiger partial charge in [0, 0.05) is 13.1 Å². The number of piperidine rings is 1. The van der Waals surface area contributed by atoms with Crippen molar-refractivity contribution in [1.82, 2.24) is 20.9 Å². The summed E-state index contributed by atoms with van der Waals surface area (Å²) < 4.78 is 5.73. The Kier molecular flexibility index (Phi) is 10.5. The van der Waals surface area contributed by atoms with E-state index in [-0.39, 0.29) is 42.0 Å². The lowest BCUT2D eigenvalue weighted by atomic mass is 9.93. The highest BCUT2D eigenvalue weighted by Crippen LogP contribution is 2.65. The standard InChI is InChI=1S/C38H46N4O6/c1-6-8-18-29(33(43)35(45)39-19-7-2)40-34(44)32-30-28(38(30,4)5)22-42(32)36(46)31(27-20-25-16-12-13-17-26(25)21-27)41-37(47)48-23(3)24-14-10-9-11-15-24/h6-7,9-17,23,27-32H,1-2,8,18-22H2,3-5H3,(H,39,45)(H,40,44)(H,41,47). The summed E-state index contributed by atoms with van der Waals surface area (Å²) in [6, 6.07) is 14.4. The third-order valence-corrected chi connectivity index (χ3v) is 10.3. The van der Waals surface area contributed by atoms with E-state index in [9.17, 15) is 24.0 Å². The van der Waals surface area contributed by atoms with E-state index in [0.29, 0.717) is 25.8 Å². The van der Waals surface area contributed by atoms with Gasteiger partial charge in [0.25, 0.3) is 5.91 Å². The maximum atomic E-state index is 14.6. The van der Waals surface area contributed by atoms with Crippen LogP contribution in [-0.2, 0) is 36.8 Å². The number of hydrogen-bond donors (Lipinski definition) is 3. The number of hydrogen-bond acceptors (Lipinski definition) is 6. The molecule has 48 heavy (non-hydrogen) atoms. The first-order chi connectivity index (χ1) is 23.0. The molecular formula is C38H46N4O6. The van der Waals surface area contributed by atoms with Gasteiger partial charge in [-0.3, -0.25) is 19.2 Å². The number of benzene rings is 2. The van der Waals surface area contributed by atoms with E-state index in [0.717, 1.165) is 16.7 Å². The van der Waals surface area contributed by atoms with Gasteiger partial charge in [0.05, 0.1) is 6.04 Å². The molecule has 1 heterocycles. The number of ether oxygens (including phenoxy) is 1. The van der Waals surface area contributed by atoms with E-state index >= 15 is 0 Å². The zero-order valence-corrected chi connectivity index (χ0v) is 27.9. The van der Waals surface area contributed by atoms with E-state index in [1.165, 1.54) is 6.08 Å². The zero-order chi connectivity index (χ0) is 34.6. The van der Waals surface area contributed by atoms with Crippen molar-refractivity contribution in [2.45, 2.75) is 70.7 Å². The van der Waals surface area contributed by atoms with Gasteiger partial charge in [0.2, 0.25) is 17.6 Å². The normalized spacial score (nSPS) is 22.2. The molecule has 10 heteroatoms. The van der Waals surface area contributed by atoms with Crippen molar-refractivity contribution >= 4 is 29.6 Å². The Bertz CT molecular complexity index is 1550. The van der Waals surface area contributed by atoms with Gasteiger partial charge in [0.15, 0.2) is 0 Å². The lowest BCUT2D eigenvalue weighted by Gasteiger charge is -2.35. The van der Waals surface area contributed by atoms with Crippen LogP contribution in [0.2, 0.25) is 0 Å². The molecule has 1 aliphatic heterocycles. The first-order valence-corrected chi connectivity index (χ1v) is 16.7. The number of nitrogens with one attached hydrogen (secondary N) is 3. The van der Waals surface area contributed by atoms with Gasteiger partial charge in [-0.15, -0.1) is 13.2 Å². The summed E-state index contributed by atoms with van der Waals surface area (Å²) in [7, 11) is 0. The molecule has 2 aromatic rings. The molecule has 1 saturated carbocycles. The van der Waals surface area contributed by atoms with Crippen molar-refractivity contribution in [3.05, 3.63) is 96.6 Å². The molecule has 5 rings (SSSR count). The molecule has 1 saturated heterocycles. The van der Waals surface area contributed by atoms with Crippen LogP contribution in [0.15, 0.2) is 79.9 Å². The number of alkyl carbamates (subject to hydrolysis) is 1. The van der Waals surface area contributed by atoms with E-state index in [4.69, 9.17) is 4.74 Å². The number of allylic oxidation sites excluding steroid dienone is 1. The summed E-state index contributed by atoms with van der Waals surface area (Å²) in [6.45, 7) is 13.6. The molecule has 3 aliphatic rings. The number of rotatable bonds is 14. The Morgan fingerprint density at radius 1 is 0.958 bits per heavy atom. The maximum Gasteiger partial charge on any atom is 0.408 e. The number of amides is 4. The van der Waals surface area contributed by atoms with Gasteiger partial charge in [-0.05, 0) is 72.5 Å². The maximum absolute atomic E-state index is 14.6. The highest BCUT2D eigenvalue weighted by Gasteiger charge is 2.69. The number of fused-ring (bicyclic) bond motifs is 2. The fraction of sp³-hybridized carbons (Fsp3) is 0.447. The molecule has 0 aromatic heterocycles. The quantitative estimate of drug-likeness (QED) is 0.208. The minimum atomic E-state index is -1.09. The number of ketones is 1. The van der Waals surface area contributed by atoms with Gasteiger partial charge in [0.1, 0.15) is 18.2 Å². The average Bonchev–Trinajstić information content (AvgIpc) is 3.44. The molecule has 2 aromatic carbocycles. The van der Waals surface area contributed by atoms with E-state index < -0.39 is 47.9 Å². The van der Waals surface area contributed by atoms with Crippen LogP contribution in [-0.4, -0.2) is 65.7 Å². The molecule has 0 spiro atoms. The second-order valence-electron chi connectivity index (χ2n) is 13.7. The Hall–Kier alpha value is -4.73. The Morgan fingerprint density at radius 3 is 2.23 bits per heavy atom. The molecular weight excluding hydrogens is 608 g/mol. The largest absolute Gasteiger partial charge is 0.442 e. The van der Waals surface area contributed by atoms with Crippen molar-refractivity contribution in [3.63, 3.8) is 0 Å². The van der Waals surface area contributed by atoms with Crippen LogP contribution in [0.4, 0.5) is 4.79 Å². The third kappa shape index (κ3) is 7.22. The summed E-state index contributed by atoms with van der Waals surface area (Å²) in [5.41, 5.74) is 2.86. The van der Waals surface area contributed by atoms with E-state index in [1.54, 1.807) is 17.9 Å². The molecule has 6 unspecified atom stereocenters. The molecule has 6 atom stereocenters. The molecule has 2 fully saturated rings. The lowest BCUT2D eigenvalue weighted by molar-refractivity contribution is -0.144. The molecule has 254 valence electrons. The highest BCUT2D eigenvalue weighted by atomic mass is 16.6. The Balaban J connectivity index is 1.38. The van der Waals surface area contributed by atoms with Gasteiger partial charge >= 0.3 is 6.09 Å². The second-order valence-corrected chi connectivity index (χ2v) is 13.7. The monoisotopic (exact) mass is 654 g/mol. The third-order valence-electron chi connectivity index (χ3n) is 10.3. The summed E-state index contributed by atoms with van der Waals surface area (Å²) in [6.07, 6.45) is 3.57. The topological polar surface area (TPSA) is 134 Å². The number of likely N-dealkylation sites (tertiary alicyclic amines) is 1. The molecule has 0 bridgehead atoms. The first kappa shape index (κ1) is 34.6. The van der Waals surface area contributed by atoms with Crippen LogP contribution in [0.1, 0.15) is 56.4 Å². The van der Waals surface area contributed by atoms with E-state index in [1.807, 2.05) is 54.6 Å². The van der Waals surface area contributed by atoms with Crippen LogP contribution in [0.3, 0.4) is 0 Å². The van der Waals surface area contributed by atoms with Crippen molar-refractivity contribution in [1.29, 1.82) is 0 Å². The van der Waals surface area contributed by atoms with Crippen molar-refractivity contribution in [2.75, 3.05) is 13.1 Å². The van der Waals surface area contributed by atoms with Gasteiger partial charge in [-0.25, -0.2) is 4.79 Å². The number of carbonyl (C=O) groups excluding carboxylic acids is 5. The van der Waals surface area contributed by atoms with Gasteiger partial charge < -0.3 is 25.6 Å². The molecule has 3 N–H and O–H groups in total. The Morgan fingerprint density at radius 2 is 1.60 bits per heavy atom. The predicted molar refractivity (Wildman–Crippen MR) is 181 cm³/mol. The summed E-state index contributed by atoms with van der Waals surface area (Å²) >= 11 is 0. The fourth-order valence-electron chi connectivity index (χ4n) is 7.54. The van der Waals surface area contributed by atoms with Crippen LogP contribution in [0.5, 0.6) is 0 Å². The van der Waals surface area contributed by atoms with Crippen LogP contribution in [0.25, 0.3) is 0 Å². The van der Waals surface area contributed by atoms with Crippen molar-refractivity contribution < 1.29 is 28.7 Å². The molecule has 2 aliphatic carbocycles. The van der Waals surface area contributed by atoms with Crippen LogP contribution >= 0.6 is 0 Å². The van der Waals surface area contributed by atoms with Crippen molar-refractivity contribution in [2.24, 2.45) is 23.2 Å². The molecule has 10 nitrogen and oxygen atoms in total. The summed E-state index contributed by atoms with van der Waals surface area (Å²) in [5.74, 6) is -2.76. The second kappa shape index (κ2) is 14.6. The summed E-state index contributed by atoms with van der Waals surface area (Å²) in [4.78, 5) is 69.3. The minimum absolute atomic E-state index is 0.0712. The minimum Gasteiger partial charge on any atom is -0.442 e. The van der Waals surface area contributed by atoms with Crippen LogP contribution < -0.4 is 16.0 Å². The van der Waals surface area contributed by atoms with E-state index in [2.05, 4.69) is 43.0 Å². The van der Waals surface area contributed by atoms with Crippen LogP contribution in [0, 0.1) is 23.2 Å². The number of carbonyl (C=O) groups is 5. The SMILES string of the molecule is C=CCCC(NC(=O)C1C2C(CN1C(=O)C(NC(=O)OC(C)c1ccccc1)C1Cc3ccccc3C1)C2(C)C)C(=O)C(=O)NCC=C. The summed E-state index contributed by atoms with van der Waals surface area (Å²) in [5, 5.41) is 8.19. The van der Waals surface area contributed by atoms with Gasteiger partial charge in [-0.2, -0.15) is 0 Å². The first-order valence-electron chi connectivity index (χ1n) is 16.7. The lowest BCUT2D eigenvalue weighted by Crippen LogP contribution is -2.59. The highest BCUT2D eigenvalue weighted by molar-refractivity contribution is 6.38. The van der Waals surface area contributed by atoms with Gasteiger partial charge in [-0.1, -0.05) is 80.6 Å². The zero-order valence-electron chi connectivity index (χ0n) is 27.9. The molecule has 0 radical (unpaired) electrons. The number of Topliss-reactive ketones (excluding diaryl/α,β-unsaturated/α-hetero) is 1. The average molecular weight is 655 g/mol. The fourth-order valence-corrected chi connectivity index (χ4v) is 7.54. The molecule has 4 amide bonds. The van der Waals surface area contributed by atoms with Crippen molar-refractivity contribution in [3.8, 4) is 0 Å².